The smallest absolute Gasteiger partial charge is 0.308 e. The van der Waals surface area contributed by atoms with E-state index in [1.54, 1.807) is 12.1 Å². The lowest BCUT2D eigenvalue weighted by Gasteiger charge is -2.27. The Morgan fingerprint density at radius 3 is 2.28 bits per heavy atom. The summed E-state index contributed by atoms with van der Waals surface area (Å²) < 4.78 is 15.8. The Labute approximate surface area is 147 Å². The molecule has 0 aromatic heterocycles. The number of carboxylic acids is 1. The highest BCUT2D eigenvalue weighted by Crippen LogP contribution is 2.29. The van der Waals surface area contributed by atoms with Gasteiger partial charge in [-0.3, -0.25) is 9.59 Å². The van der Waals surface area contributed by atoms with E-state index in [1.165, 1.54) is 14.2 Å². The Morgan fingerprint density at radius 1 is 1.24 bits per heavy atom. The van der Waals surface area contributed by atoms with Crippen molar-refractivity contribution >= 4 is 11.9 Å². The second kappa shape index (κ2) is 8.71. The van der Waals surface area contributed by atoms with Gasteiger partial charge >= 0.3 is 5.97 Å². The van der Waals surface area contributed by atoms with Crippen LogP contribution in [0.1, 0.15) is 28.8 Å². The molecule has 0 radical (unpaired) electrons. The Morgan fingerprint density at radius 2 is 1.80 bits per heavy atom. The van der Waals surface area contributed by atoms with Crippen LogP contribution >= 0.6 is 0 Å². The van der Waals surface area contributed by atoms with Crippen molar-refractivity contribution in [3.8, 4) is 11.5 Å². The number of rotatable bonds is 7. The molecular weight excluding hydrogens is 326 g/mol. The van der Waals surface area contributed by atoms with Crippen molar-refractivity contribution in [2.75, 3.05) is 34.0 Å². The molecule has 1 aliphatic rings. The van der Waals surface area contributed by atoms with Crippen LogP contribution in [0.25, 0.3) is 0 Å². The zero-order valence-corrected chi connectivity index (χ0v) is 14.8. The number of nitrogens with one attached hydrogen (secondary N) is 1. The fourth-order valence-electron chi connectivity index (χ4n) is 3.10. The number of aliphatic carboxylic acids is 1. The number of methoxy groups -OCH3 is 2. The SMILES string of the molecule is COc1cc(C(=O)NCC(C(=O)O)C2CCOCC2)cc(OC)c1C. The zero-order valence-electron chi connectivity index (χ0n) is 14.8. The molecular formula is C18H25NO6. The van der Waals surface area contributed by atoms with Crippen LogP contribution in [-0.2, 0) is 9.53 Å². The lowest BCUT2D eigenvalue weighted by Crippen LogP contribution is -2.39. The van der Waals surface area contributed by atoms with Crippen LogP contribution in [0.15, 0.2) is 12.1 Å². The molecule has 1 amide bonds. The minimum atomic E-state index is -0.897. The maximum atomic E-state index is 12.5. The van der Waals surface area contributed by atoms with Gasteiger partial charge in [0.15, 0.2) is 0 Å². The van der Waals surface area contributed by atoms with Crippen molar-refractivity contribution in [1.82, 2.24) is 5.32 Å². The van der Waals surface area contributed by atoms with Crippen molar-refractivity contribution in [3.63, 3.8) is 0 Å². The standard InChI is InChI=1S/C18H25NO6/c1-11-15(23-2)8-13(9-16(11)24-3)17(20)19-10-14(18(21)22)12-4-6-25-7-5-12/h8-9,12,14H,4-7,10H2,1-3H3,(H,19,20)(H,21,22). The van der Waals surface area contributed by atoms with Crippen LogP contribution in [0, 0.1) is 18.8 Å². The highest BCUT2D eigenvalue weighted by Gasteiger charge is 2.30. The molecule has 1 aromatic rings. The third-order valence-electron chi connectivity index (χ3n) is 4.65. The number of amides is 1. The number of carbonyl (C=O) groups is 2. The van der Waals surface area contributed by atoms with Gasteiger partial charge in [0, 0.05) is 30.9 Å². The first-order chi connectivity index (χ1) is 12.0. The second-order valence-corrected chi connectivity index (χ2v) is 6.11. The second-order valence-electron chi connectivity index (χ2n) is 6.11. The first-order valence-corrected chi connectivity index (χ1v) is 8.29. The molecule has 1 saturated heterocycles. The summed E-state index contributed by atoms with van der Waals surface area (Å²) in [6.07, 6.45) is 1.39. The minimum Gasteiger partial charge on any atom is -0.496 e. The number of carboxylic acid groups (broad SMARTS) is 1. The third kappa shape index (κ3) is 4.63. The molecule has 138 valence electrons. The Hall–Kier alpha value is -2.28. The van der Waals surface area contributed by atoms with Gasteiger partial charge in [0.2, 0.25) is 0 Å². The number of hydrogen-bond acceptors (Lipinski definition) is 5. The van der Waals surface area contributed by atoms with E-state index in [0.29, 0.717) is 43.1 Å². The fourth-order valence-corrected chi connectivity index (χ4v) is 3.10. The molecule has 1 unspecified atom stereocenters. The number of hydrogen-bond donors (Lipinski definition) is 2. The zero-order chi connectivity index (χ0) is 18.4. The first-order valence-electron chi connectivity index (χ1n) is 8.29. The van der Waals surface area contributed by atoms with E-state index in [-0.39, 0.29) is 18.4 Å². The predicted octanol–water partition coefficient (Wildman–Crippen LogP) is 1.87. The predicted molar refractivity (Wildman–Crippen MR) is 91.3 cm³/mol. The van der Waals surface area contributed by atoms with Crippen molar-refractivity contribution in [2.45, 2.75) is 19.8 Å². The topological polar surface area (TPSA) is 94.1 Å². The van der Waals surface area contributed by atoms with Crippen molar-refractivity contribution in [1.29, 1.82) is 0 Å². The summed E-state index contributed by atoms with van der Waals surface area (Å²) in [6, 6.07) is 3.24. The van der Waals surface area contributed by atoms with E-state index in [4.69, 9.17) is 14.2 Å². The van der Waals surface area contributed by atoms with Gasteiger partial charge < -0.3 is 24.6 Å². The molecule has 1 atom stereocenters. The van der Waals surface area contributed by atoms with Gasteiger partial charge in [0.05, 0.1) is 20.1 Å². The molecule has 0 aliphatic carbocycles. The van der Waals surface area contributed by atoms with E-state index in [2.05, 4.69) is 5.32 Å². The summed E-state index contributed by atoms with van der Waals surface area (Å²) in [4.78, 5) is 24.0. The quantitative estimate of drug-likeness (QED) is 0.779. The van der Waals surface area contributed by atoms with Crippen LogP contribution in [-0.4, -0.2) is 51.0 Å². The molecule has 1 aliphatic heterocycles. The molecule has 2 N–H and O–H groups in total. The van der Waals surface area contributed by atoms with Gasteiger partial charge in [0.25, 0.3) is 5.91 Å². The lowest BCUT2D eigenvalue weighted by atomic mass is 9.86. The maximum Gasteiger partial charge on any atom is 0.308 e. The number of carbonyl (C=O) groups excluding carboxylic acids is 1. The third-order valence-corrected chi connectivity index (χ3v) is 4.65. The monoisotopic (exact) mass is 351 g/mol. The van der Waals surface area contributed by atoms with E-state index in [0.717, 1.165) is 5.56 Å². The Kier molecular flexibility index (Phi) is 6.64. The molecule has 7 heteroatoms. The summed E-state index contributed by atoms with van der Waals surface area (Å²) in [5.74, 6) is -0.774. The van der Waals surface area contributed by atoms with Gasteiger partial charge in [-0.25, -0.2) is 0 Å². The van der Waals surface area contributed by atoms with E-state index >= 15 is 0 Å². The Bertz CT molecular complexity index is 599. The number of benzene rings is 1. The maximum absolute atomic E-state index is 12.5. The summed E-state index contributed by atoms with van der Waals surface area (Å²) in [6.45, 7) is 3.05. The number of ether oxygens (including phenoxy) is 3. The van der Waals surface area contributed by atoms with Crippen molar-refractivity contribution in [2.24, 2.45) is 11.8 Å². The van der Waals surface area contributed by atoms with Gasteiger partial charge in [-0.15, -0.1) is 0 Å². The van der Waals surface area contributed by atoms with Crippen LogP contribution in [0.2, 0.25) is 0 Å². The van der Waals surface area contributed by atoms with Crippen LogP contribution in [0.4, 0.5) is 0 Å². The molecule has 0 bridgehead atoms. The Balaban J connectivity index is 2.09. The molecule has 0 spiro atoms. The molecule has 7 nitrogen and oxygen atoms in total. The molecule has 2 rings (SSSR count). The molecule has 1 heterocycles. The van der Waals surface area contributed by atoms with E-state index in [1.807, 2.05) is 6.92 Å². The lowest BCUT2D eigenvalue weighted by molar-refractivity contribution is -0.144. The van der Waals surface area contributed by atoms with Crippen LogP contribution < -0.4 is 14.8 Å². The highest BCUT2D eigenvalue weighted by atomic mass is 16.5. The van der Waals surface area contributed by atoms with Gasteiger partial charge in [-0.05, 0) is 37.8 Å². The van der Waals surface area contributed by atoms with E-state index in [9.17, 15) is 14.7 Å². The summed E-state index contributed by atoms with van der Waals surface area (Å²) in [5.41, 5.74) is 1.17. The van der Waals surface area contributed by atoms with Gasteiger partial charge in [-0.2, -0.15) is 0 Å². The average Bonchev–Trinajstić information content (AvgIpc) is 2.62. The average molecular weight is 351 g/mol. The molecule has 1 fully saturated rings. The molecule has 1 aromatic carbocycles. The fraction of sp³-hybridized carbons (Fsp3) is 0.556. The first kappa shape index (κ1) is 19.1. The summed E-state index contributed by atoms with van der Waals surface area (Å²) >= 11 is 0. The van der Waals surface area contributed by atoms with Crippen LogP contribution in [0.5, 0.6) is 11.5 Å². The molecule has 0 saturated carbocycles. The van der Waals surface area contributed by atoms with Gasteiger partial charge in [0.1, 0.15) is 11.5 Å². The summed E-state index contributed by atoms with van der Waals surface area (Å²) in [7, 11) is 3.05. The normalized spacial score (nSPS) is 16.1. The van der Waals surface area contributed by atoms with E-state index < -0.39 is 11.9 Å². The summed E-state index contributed by atoms with van der Waals surface area (Å²) in [5, 5.41) is 12.2. The van der Waals surface area contributed by atoms with Crippen molar-refractivity contribution < 1.29 is 28.9 Å². The van der Waals surface area contributed by atoms with Gasteiger partial charge in [-0.1, -0.05) is 0 Å². The minimum absolute atomic E-state index is 0.00800. The highest BCUT2D eigenvalue weighted by molar-refractivity contribution is 5.95. The molecule has 25 heavy (non-hydrogen) atoms. The van der Waals surface area contributed by atoms with Crippen molar-refractivity contribution in [3.05, 3.63) is 23.3 Å². The van der Waals surface area contributed by atoms with Crippen LogP contribution in [0.3, 0.4) is 0 Å². The largest absolute Gasteiger partial charge is 0.496 e.